The van der Waals surface area contributed by atoms with Crippen LogP contribution in [-0.2, 0) is 0 Å². The van der Waals surface area contributed by atoms with Gasteiger partial charge in [-0.05, 0) is 53.6 Å². The Hall–Kier alpha value is -5.36. The highest BCUT2D eigenvalue weighted by atomic mass is 19.4. The molecule has 0 radical (unpaired) electrons. The largest absolute Gasteiger partial charge is 0.454 e. The smallest absolute Gasteiger partial charge is 0.377 e. The molecule has 0 amide bonds. The number of benzene rings is 3. The molecule has 0 heterocycles. The summed E-state index contributed by atoms with van der Waals surface area (Å²) in [5.41, 5.74) is -13.8. The van der Waals surface area contributed by atoms with Crippen LogP contribution in [-0.4, -0.2) is 90.1 Å². The lowest BCUT2D eigenvalue weighted by Crippen LogP contribution is -2.28. The maximum Gasteiger partial charge on any atom is 0.454 e. The van der Waals surface area contributed by atoms with Crippen LogP contribution in [0.3, 0.4) is 0 Å². The molecule has 0 atom stereocenters. The van der Waals surface area contributed by atoms with Gasteiger partial charge in [-0.1, -0.05) is 0 Å². The number of ketones is 4. The molecule has 1 aliphatic rings. The predicted octanol–water partition coefficient (Wildman–Crippen LogP) is 8.50. The number of nitrogens with zero attached hydrogens (tertiary/aromatic N) is 3. The molecular formula is C34H25F12N3O4. The number of rotatable bonds is 7. The average molecular weight is 768 g/mol. The predicted molar refractivity (Wildman–Crippen MR) is 171 cm³/mol. The van der Waals surface area contributed by atoms with E-state index in [9.17, 15) is 58.7 Å². The molecule has 3 aromatic carbocycles. The van der Waals surface area contributed by atoms with Crippen LogP contribution in [0.1, 0.15) is 52.6 Å². The van der Waals surface area contributed by atoms with Crippen molar-refractivity contribution in [3.05, 3.63) is 75.9 Å². The Balaban J connectivity index is 2.53. The van der Waals surface area contributed by atoms with Crippen LogP contribution in [0.5, 0.6) is 0 Å². The zero-order valence-corrected chi connectivity index (χ0v) is 28.1. The second-order valence-electron chi connectivity index (χ2n) is 12.2. The van der Waals surface area contributed by atoms with Gasteiger partial charge in [-0.3, -0.25) is 19.2 Å². The van der Waals surface area contributed by atoms with Crippen molar-refractivity contribution in [1.29, 1.82) is 0 Å². The number of halogens is 12. The second kappa shape index (κ2) is 13.2. The minimum Gasteiger partial charge on any atom is -0.377 e. The molecule has 0 saturated heterocycles. The lowest BCUT2D eigenvalue weighted by molar-refractivity contribution is -0.0888. The van der Waals surface area contributed by atoms with Crippen molar-refractivity contribution in [1.82, 2.24) is 0 Å². The molecule has 284 valence electrons. The zero-order chi connectivity index (χ0) is 40.5. The number of allylic oxidation sites excluding steroid dienone is 4. The van der Waals surface area contributed by atoms with E-state index in [2.05, 4.69) is 0 Å². The summed E-state index contributed by atoms with van der Waals surface area (Å²) < 4.78 is 173. The van der Waals surface area contributed by atoms with Crippen molar-refractivity contribution in [2.24, 2.45) is 0 Å². The summed E-state index contributed by atoms with van der Waals surface area (Å²) in [6.07, 6.45) is -22.6. The SMILES string of the molecule is CN(C)c1ccc(C(=O)C(F)(F)F)c2c1C(=O)C=CC2=C(c1cc(C(=O)C(F)(F)F)c(N(C)C)c2c(N(C)C)ccc(C(=O)C(F)(F)F)c12)C(F)(F)F. The summed E-state index contributed by atoms with van der Waals surface area (Å²) in [5.74, 6) is -9.50. The van der Waals surface area contributed by atoms with E-state index < -0.39 is 109 Å². The molecule has 0 aromatic heterocycles. The number of carbonyl (C=O) groups excluding carboxylic acids is 4. The van der Waals surface area contributed by atoms with Gasteiger partial charge in [0.05, 0.1) is 22.4 Å². The molecule has 4 rings (SSSR count). The third-order valence-corrected chi connectivity index (χ3v) is 8.07. The molecule has 0 fully saturated rings. The second-order valence-corrected chi connectivity index (χ2v) is 12.2. The molecule has 0 aliphatic heterocycles. The Morgan fingerprint density at radius 3 is 1.40 bits per heavy atom. The third-order valence-electron chi connectivity index (χ3n) is 8.07. The van der Waals surface area contributed by atoms with Gasteiger partial charge in [0.15, 0.2) is 5.78 Å². The lowest BCUT2D eigenvalue weighted by atomic mass is 9.79. The molecule has 53 heavy (non-hydrogen) atoms. The summed E-state index contributed by atoms with van der Waals surface area (Å²) in [6.45, 7) is 0. The van der Waals surface area contributed by atoms with Crippen LogP contribution in [0, 0.1) is 0 Å². The number of anilines is 3. The van der Waals surface area contributed by atoms with Crippen LogP contribution in [0.25, 0.3) is 21.9 Å². The van der Waals surface area contributed by atoms with E-state index in [0.717, 1.165) is 40.9 Å². The van der Waals surface area contributed by atoms with Gasteiger partial charge in [0.2, 0.25) is 0 Å². The monoisotopic (exact) mass is 767 g/mol. The fraction of sp³-hybridized carbons (Fsp3) is 0.294. The minimum atomic E-state index is -5.96. The van der Waals surface area contributed by atoms with Gasteiger partial charge >= 0.3 is 24.7 Å². The minimum absolute atomic E-state index is 0.0547. The van der Waals surface area contributed by atoms with Gasteiger partial charge in [0, 0.05) is 81.1 Å². The Morgan fingerprint density at radius 1 is 0.491 bits per heavy atom. The van der Waals surface area contributed by atoms with E-state index in [1.165, 1.54) is 28.2 Å². The number of hydrogen-bond donors (Lipinski definition) is 0. The first-order chi connectivity index (χ1) is 24.0. The standard InChI is InChI=1S/C34H25F12N3O4/c1-47(2)19-10-7-15(28(51)32(38,39)40)22-14(9-12-21(50)24(19)22)26(31(35,36)37)17-13-18(30(53)34(44,45)46)27(49(5)6)25-20(48(3)4)11-8-16(23(17)25)29(52)33(41,42)43/h7-13H,1-6H3. The van der Waals surface area contributed by atoms with Gasteiger partial charge in [-0.2, -0.15) is 52.7 Å². The third kappa shape index (κ3) is 7.20. The van der Waals surface area contributed by atoms with Crippen LogP contribution in [0.4, 0.5) is 69.7 Å². The van der Waals surface area contributed by atoms with Crippen molar-refractivity contribution in [2.75, 3.05) is 57.0 Å². The summed E-state index contributed by atoms with van der Waals surface area (Å²) in [7, 11) is 6.91. The molecule has 19 heteroatoms. The van der Waals surface area contributed by atoms with Crippen LogP contribution in [0.2, 0.25) is 0 Å². The molecule has 1 aliphatic carbocycles. The number of fused-ring (bicyclic) bond motifs is 2. The van der Waals surface area contributed by atoms with Crippen molar-refractivity contribution in [3.8, 4) is 0 Å². The summed E-state index contributed by atoms with van der Waals surface area (Å²) in [6, 6.07) is 2.47. The Kier molecular flexibility index (Phi) is 10.1. The molecule has 3 aromatic rings. The average Bonchev–Trinajstić information content (AvgIpc) is 3.01. The topological polar surface area (TPSA) is 78.0 Å². The molecule has 0 bridgehead atoms. The highest BCUT2D eigenvalue weighted by Gasteiger charge is 2.48. The van der Waals surface area contributed by atoms with Crippen LogP contribution < -0.4 is 14.7 Å². The van der Waals surface area contributed by atoms with E-state index in [1.54, 1.807) is 0 Å². The van der Waals surface area contributed by atoms with Crippen molar-refractivity contribution in [2.45, 2.75) is 24.7 Å². The summed E-state index contributed by atoms with van der Waals surface area (Å²) in [4.78, 5) is 54.7. The van der Waals surface area contributed by atoms with E-state index >= 15 is 13.2 Å². The summed E-state index contributed by atoms with van der Waals surface area (Å²) in [5, 5.41) is -2.17. The fourth-order valence-corrected chi connectivity index (χ4v) is 6.05. The Labute approximate surface area is 291 Å². The van der Waals surface area contributed by atoms with Crippen molar-refractivity contribution < 1.29 is 71.9 Å². The van der Waals surface area contributed by atoms with Gasteiger partial charge in [-0.15, -0.1) is 0 Å². The molecule has 7 nitrogen and oxygen atoms in total. The first kappa shape index (κ1) is 40.4. The van der Waals surface area contributed by atoms with E-state index in [4.69, 9.17) is 0 Å². The zero-order valence-electron chi connectivity index (χ0n) is 28.1. The maximum absolute atomic E-state index is 15.7. The van der Waals surface area contributed by atoms with Crippen LogP contribution in [0.15, 0.2) is 42.5 Å². The highest BCUT2D eigenvalue weighted by Crippen LogP contribution is 2.51. The first-order valence-corrected chi connectivity index (χ1v) is 14.7. The lowest BCUT2D eigenvalue weighted by Gasteiger charge is -2.30. The number of hydrogen-bond acceptors (Lipinski definition) is 7. The summed E-state index contributed by atoms with van der Waals surface area (Å²) >= 11 is 0. The maximum atomic E-state index is 15.7. The van der Waals surface area contributed by atoms with E-state index in [1.807, 2.05) is 0 Å². The molecule has 0 saturated carbocycles. The van der Waals surface area contributed by atoms with Crippen molar-refractivity contribution in [3.63, 3.8) is 0 Å². The van der Waals surface area contributed by atoms with E-state index in [-0.39, 0.29) is 17.4 Å². The highest BCUT2D eigenvalue weighted by molar-refractivity contribution is 6.27. The van der Waals surface area contributed by atoms with Gasteiger partial charge < -0.3 is 14.7 Å². The number of alkyl halides is 12. The first-order valence-electron chi connectivity index (χ1n) is 14.7. The molecule has 0 N–H and O–H groups in total. The fourth-order valence-electron chi connectivity index (χ4n) is 6.05. The molecule has 0 spiro atoms. The Bertz CT molecular complexity index is 2140. The van der Waals surface area contributed by atoms with Gasteiger partial charge in [0.1, 0.15) is 0 Å². The molecular weight excluding hydrogens is 742 g/mol. The Morgan fingerprint density at radius 2 is 0.943 bits per heavy atom. The van der Waals surface area contributed by atoms with Gasteiger partial charge in [-0.25, -0.2) is 0 Å². The number of Topliss-reactive ketones (excluding diaryl/α,β-unsaturated/α-hetero) is 3. The normalized spacial score (nSPS) is 14.6. The number of carbonyl (C=O) groups is 4. The molecule has 0 unspecified atom stereocenters. The van der Waals surface area contributed by atoms with Crippen molar-refractivity contribution >= 4 is 62.1 Å². The quantitative estimate of drug-likeness (QED) is 0.176. The van der Waals surface area contributed by atoms with E-state index in [0.29, 0.717) is 24.3 Å². The van der Waals surface area contributed by atoms with Crippen LogP contribution >= 0.6 is 0 Å². The van der Waals surface area contributed by atoms with Gasteiger partial charge in [0.25, 0.3) is 17.3 Å².